The molecule has 0 spiro atoms. The number of nitrogens with zero attached hydrogens (tertiary/aromatic N) is 1. The van der Waals surface area contributed by atoms with Gasteiger partial charge in [-0.2, -0.15) is 0 Å². The zero-order chi connectivity index (χ0) is 15.9. The van der Waals surface area contributed by atoms with Crippen molar-refractivity contribution in [3.8, 4) is 5.75 Å². The van der Waals surface area contributed by atoms with Gasteiger partial charge in [0.2, 0.25) is 5.91 Å². The number of rotatable bonds is 6. The van der Waals surface area contributed by atoms with Crippen LogP contribution < -0.4 is 10.1 Å². The number of hydrogen-bond donors (Lipinski definition) is 1. The van der Waals surface area contributed by atoms with Gasteiger partial charge in [0, 0.05) is 24.7 Å². The van der Waals surface area contributed by atoms with Crippen LogP contribution in [0.4, 0.5) is 0 Å². The molecule has 1 aliphatic heterocycles. The molecular formula is C16H23ClN2O3. The molecule has 2 rings (SSSR count). The van der Waals surface area contributed by atoms with Crippen LogP contribution in [-0.4, -0.2) is 56.8 Å². The van der Waals surface area contributed by atoms with E-state index in [9.17, 15) is 4.79 Å². The Kier molecular flexibility index (Phi) is 6.49. The van der Waals surface area contributed by atoms with Crippen LogP contribution in [0, 0.1) is 0 Å². The summed E-state index contributed by atoms with van der Waals surface area (Å²) in [4.78, 5) is 14.2. The summed E-state index contributed by atoms with van der Waals surface area (Å²) in [5, 5.41) is 3.59. The quantitative estimate of drug-likeness (QED) is 0.865. The molecule has 122 valence electrons. The van der Waals surface area contributed by atoms with Crippen molar-refractivity contribution in [2.45, 2.75) is 19.4 Å². The van der Waals surface area contributed by atoms with Crippen LogP contribution in [0.25, 0.3) is 0 Å². The predicted molar refractivity (Wildman–Crippen MR) is 86.6 cm³/mol. The van der Waals surface area contributed by atoms with Gasteiger partial charge < -0.3 is 19.7 Å². The number of carbonyl (C=O) groups excluding carboxylic acids is 1. The minimum absolute atomic E-state index is 0.0634. The molecule has 1 atom stereocenters. The smallest absolute Gasteiger partial charge is 0.250 e. The van der Waals surface area contributed by atoms with E-state index in [0.29, 0.717) is 37.7 Å². The topological polar surface area (TPSA) is 50.8 Å². The fourth-order valence-electron chi connectivity index (χ4n) is 2.41. The Hall–Kier alpha value is -1.30. The minimum Gasteiger partial charge on any atom is -0.494 e. The van der Waals surface area contributed by atoms with Gasteiger partial charge in [0.05, 0.1) is 13.2 Å². The number of hydrogen-bond acceptors (Lipinski definition) is 4. The highest BCUT2D eigenvalue weighted by atomic mass is 35.5. The third-order valence-electron chi connectivity index (χ3n) is 3.58. The molecule has 0 aliphatic carbocycles. The Morgan fingerprint density at radius 2 is 2.36 bits per heavy atom. The van der Waals surface area contributed by atoms with E-state index in [1.165, 1.54) is 0 Å². The Balaban J connectivity index is 1.85. The number of amides is 1. The summed E-state index contributed by atoms with van der Waals surface area (Å²) >= 11 is 6.03. The number of benzene rings is 1. The van der Waals surface area contributed by atoms with Crippen LogP contribution >= 0.6 is 11.6 Å². The van der Waals surface area contributed by atoms with Crippen molar-refractivity contribution in [3.63, 3.8) is 0 Å². The molecule has 1 saturated heterocycles. The molecule has 1 N–H and O–H groups in total. The molecule has 0 saturated carbocycles. The first-order valence-corrected chi connectivity index (χ1v) is 7.97. The molecule has 1 aliphatic rings. The maximum Gasteiger partial charge on any atom is 0.250 e. The van der Waals surface area contributed by atoms with Crippen LogP contribution in [0.2, 0.25) is 5.02 Å². The maximum absolute atomic E-state index is 12.1. The van der Waals surface area contributed by atoms with E-state index in [0.717, 1.165) is 17.9 Å². The molecular weight excluding hydrogens is 304 g/mol. The molecule has 22 heavy (non-hydrogen) atoms. The fourth-order valence-corrected chi connectivity index (χ4v) is 2.61. The van der Waals surface area contributed by atoms with Gasteiger partial charge in [-0.15, -0.1) is 0 Å². The highest BCUT2D eigenvalue weighted by molar-refractivity contribution is 6.30. The molecule has 0 bridgehead atoms. The van der Waals surface area contributed by atoms with Gasteiger partial charge in [-0.3, -0.25) is 4.79 Å². The maximum atomic E-state index is 12.1. The van der Waals surface area contributed by atoms with E-state index in [2.05, 4.69) is 10.2 Å². The number of ether oxygens (including phenoxy) is 2. The van der Waals surface area contributed by atoms with Crippen LogP contribution in [0.15, 0.2) is 18.2 Å². The first-order valence-electron chi connectivity index (χ1n) is 7.59. The van der Waals surface area contributed by atoms with E-state index in [4.69, 9.17) is 21.1 Å². The van der Waals surface area contributed by atoms with Crippen LogP contribution in [0.1, 0.15) is 12.5 Å². The Labute approximate surface area is 136 Å². The SMILES string of the molecule is CCOc1ccc(Cl)cc1CCNC(=O)[C@H]1CN(C)CCO1. The largest absolute Gasteiger partial charge is 0.494 e. The van der Waals surface area contributed by atoms with E-state index in [1.807, 2.05) is 26.1 Å². The highest BCUT2D eigenvalue weighted by Crippen LogP contribution is 2.23. The van der Waals surface area contributed by atoms with Gasteiger partial charge >= 0.3 is 0 Å². The standard InChI is InChI=1S/C16H23ClN2O3/c1-3-21-14-5-4-13(17)10-12(14)6-7-18-16(20)15-11-19(2)8-9-22-15/h4-5,10,15H,3,6-9,11H2,1-2H3,(H,18,20)/t15-/m1/s1. The molecule has 1 amide bonds. The Bertz CT molecular complexity index is 510. The third kappa shape index (κ3) is 4.87. The summed E-state index contributed by atoms with van der Waals surface area (Å²) in [6, 6.07) is 5.55. The van der Waals surface area contributed by atoms with Gasteiger partial charge in [0.15, 0.2) is 0 Å². The fraction of sp³-hybridized carbons (Fsp3) is 0.562. The second-order valence-electron chi connectivity index (χ2n) is 5.35. The molecule has 1 aromatic carbocycles. The molecule has 1 heterocycles. The molecule has 1 fully saturated rings. The van der Waals surface area contributed by atoms with E-state index >= 15 is 0 Å². The van der Waals surface area contributed by atoms with Gasteiger partial charge in [-0.1, -0.05) is 11.6 Å². The van der Waals surface area contributed by atoms with Crippen molar-refractivity contribution >= 4 is 17.5 Å². The van der Waals surface area contributed by atoms with E-state index < -0.39 is 0 Å². The van der Waals surface area contributed by atoms with E-state index in [-0.39, 0.29) is 12.0 Å². The summed E-state index contributed by atoms with van der Waals surface area (Å²) < 4.78 is 11.1. The molecule has 0 unspecified atom stereocenters. The Morgan fingerprint density at radius 1 is 1.55 bits per heavy atom. The lowest BCUT2D eigenvalue weighted by molar-refractivity contribution is -0.137. The van der Waals surface area contributed by atoms with Crippen LogP contribution in [0.3, 0.4) is 0 Å². The third-order valence-corrected chi connectivity index (χ3v) is 3.81. The predicted octanol–water partition coefficient (Wildman–Crippen LogP) is 1.73. The highest BCUT2D eigenvalue weighted by Gasteiger charge is 2.24. The van der Waals surface area contributed by atoms with Crippen LogP contribution in [-0.2, 0) is 16.0 Å². The van der Waals surface area contributed by atoms with Gasteiger partial charge in [0.25, 0.3) is 0 Å². The first-order chi connectivity index (χ1) is 10.6. The number of morpholine rings is 1. The van der Waals surface area contributed by atoms with Crippen molar-refractivity contribution in [1.29, 1.82) is 0 Å². The average molecular weight is 327 g/mol. The number of carbonyl (C=O) groups is 1. The van der Waals surface area contributed by atoms with Crippen molar-refractivity contribution in [1.82, 2.24) is 10.2 Å². The number of nitrogens with one attached hydrogen (secondary N) is 1. The first kappa shape index (κ1) is 17.1. The van der Waals surface area contributed by atoms with Gasteiger partial charge in [-0.05, 0) is 44.2 Å². The van der Waals surface area contributed by atoms with Gasteiger partial charge in [-0.25, -0.2) is 0 Å². The molecule has 6 heteroatoms. The lowest BCUT2D eigenvalue weighted by Crippen LogP contribution is -2.48. The van der Waals surface area contributed by atoms with Crippen molar-refractivity contribution in [3.05, 3.63) is 28.8 Å². The van der Waals surface area contributed by atoms with Gasteiger partial charge in [0.1, 0.15) is 11.9 Å². The molecule has 0 aromatic heterocycles. The summed E-state index contributed by atoms with van der Waals surface area (Å²) in [7, 11) is 1.99. The number of likely N-dealkylation sites (N-methyl/N-ethyl adjacent to an activating group) is 1. The molecule has 5 nitrogen and oxygen atoms in total. The zero-order valence-electron chi connectivity index (χ0n) is 13.1. The summed E-state index contributed by atoms with van der Waals surface area (Å²) in [6.07, 6.45) is 0.286. The molecule has 0 radical (unpaired) electrons. The normalized spacial score (nSPS) is 19.0. The lowest BCUT2D eigenvalue weighted by atomic mass is 10.1. The zero-order valence-corrected chi connectivity index (χ0v) is 13.9. The Morgan fingerprint density at radius 3 is 3.09 bits per heavy atom. The average Bonchev–Trinajstić information content (AvgIpc) is 2.50. The minimum atomic E-state index is -0.385. The van der Waals surface area contributed by atoms with Crippen molar-refractivity contribution < 1.29 is 14.3 Å². The van der Waals surface area contributed by atoms with Crippen molar-refractivity contribution in [2.24, 2.45) is 0 Å². The van der Waals surface area contributed by atoms with E-state index in [1.54, 1.807) is 6.07 Å². The van der Waals surface area contributed by atoms with Crippen molar-refractivity contribution in [2.75, 3.05) is 39.9 Å². The summed E-state index contributed by atoms with van der Waals surface area (Å²) in [5.74, 6) is 0.751. The lowest BCUT2D eigenvalue weighted by Gasteiger charge is -2.29. The van der Waals surface area contributed by atoms with Crippen LogP contribution in [0.5, 0.6) is 5.75 Å². The summed E-state index contributed by atoms with van der Waals surface area (Å²) in [5.41, 5.74) is 0.997. The second-order valence-corrected chi connectivity index (χ2v) is 5.78. The second kappa shape index (κ2) is 8.36. The monoisotopic (exact) mass is 326 g/mol. The number of halogens is 1. The summed E-state index contributed by atoms with van der Waals surface area (Å²) in [6.45, 7) is 5.16. The molecule has 1 aromatic rings.